The molecule has 0 atom stereocenters. The van der Waals surface area contributed by atoms with Crippen molar-refractivity contribution in [3.63, 3.8) is 0 Å². The molecule has 4 rings (SSSR count). The SMILES string of the molecule is CCS(=O)(=O)c1ccc(N(C)C)c(N)c1.CCS(=O)(=O)c1ccc(N(C)C)c(Nc2cc(Cl)ncn2)c1.Clc1cc(Cl)ncn1. The van der Waals surface area contributed by atoms with Crippen molar-refractivity contribution >= 4 is 83.0 Å². The van der Waals surface area contributed by atoms with E-state index < -0.39 is 19.7 Å². The Labute approximate surface area is 279 Å². The van der Waals surface area contributed by atoms with Gasteiger partial charge in [0.15, 0.2) is 19.7 Å². The molecule has 0 spiro atoms. The predicted octanol–water partition coefficient (Wildman–Crippen LogP) is 5.65. The second kappa shape index (κ2) is 16.8. The number of sulfone groups is 2. The van der Waals surface area contributed by atoms with E-state index in [2.05, 4.69) is 25.3 Å². The summed E-state index contributed by atoms with van der Waals surface area (Å²) in [7, 11) is 1.03. The summed E-state index contributed by atoms with van der Waals surface area (Å²) < 4.78 is 47.2. The number of aromatic nitrogens is 4. The molecule has 2 heterocycles. The van der Waals surface area contributed by atoms with Gasteiger partial charge in [0.05, 0.1) is 44.0 Å². The Bertz CT molecular complexity index is 1790. The van der Waals surface area contributed by atoms with Gasteiger partial charge >= 0.3 is 0 Å². The van der Waals surface area contributed by atoms with Gasteiger partial charge in [0, 0.05) is 40.3 Å². The maximum absolute atomic E-state index is 12.1. The first-order valence-electron chi connectivity index (χ1n) is 13.2. The van der Waals surface area contributed by atoms with Crippen LogP contribution in [0.25, 0.3) is 0 Å². The van der Waals surface area contributed by atoms with E-state index in [-0.39, 0.29) is 21.3 Å². The Morgan fingerprint density at radius 1 is 0.667 bits per heavy atom. The fourth-order valence-corrected chi connectivity index (χ4v) is 5.84. The van der Waals surface area contributed by atoms with Crippen molar-refractivity contribution in [3.8, 4) is 0 Å². The van der Waals surface area contributed by atoms with E-state index in [1.165, 1.54) is 24.8 Å². The first-order valence-corrected chi connectivity index (χ1v) is 17.7. The number of anilines is 5. The first kappa shape index (κ1) is 37.8. The molecule has 0 fully saturated rings. The summed E-state index contributed by atoms with van der Waals surface area (Å²) in [6, 6.07) is 12.8. The number of rotatable bonds is 8. The highest BCUT2D eigenvalue weighted by Crippen LogP contribution is 2.30. The molecule has 0 aliphatic carbocycles. The molecule has 3 N–H and O–H groups in total. The van der Waals surface area contributed by atoms with Crippen LogP contribution >= 0.6 is 34.8 Å². The van der Waals surface area contributed by atoms with Crippen molar-refractivity contribution in [1.82, 2.24) is 19.9 Å². The van der Waals surface area contributed by atoms with Crippen molar-refractivity contribution in [2.24, 2.45) is 0 Å². The van der Waals surface area contributed by atoms with E-state index in [0.29, 0.717) is 32.7 Å². The fraction of sp³-hybridized carbons (Fsp3) is 0.286. The zero-order valence-corrected chi connectivity index (χ0v) is 29.4. The van der Waals surface area contributed by atoms with Gasteiger partial charge in [0.1, 0.15) is 33.9 Å². The molecule has 0 aliphatic rings. The Morgan fingerprint density at radius 2 is 1.11 bits per heavy atom. The number of benzene rings is 2. The molecule has 0 bridgehead atoms. The standard InChI is InChI=1S/C14H17ClN4O2S.C10H16N2O2S.C4H2Cl2N2/c1-4-22(20,21)10-5-6-12(19(2)3)11(7-10)18-14-8-13(15)16-9-17-14;1-4-15(13,14)8-5-6-10(12(2)3)9(11)7-8;5-3-1-4(6)8-2-7-3/h5-9H,4H2,1-3H3,(H,16,17,18);5-7H,4,11H2,1-3H3;1-2H. The van der Waals surface area contributed by atoms with Crippen LogP contribution in [0.15, 0.2) is 71.0 Å². The van der Waals surface area contributed by atoms with Crippen LogP contribution < -0.4 is 20.9 Å². The largest absolute Gasteiger partial charge is 0.397 e. The van der Waals surface area contributed by atoms with Crippen molar-refractivity contribution in [2.45, 2.75) is 23.6 Å². The van der Waals surface area contributed by atoms with E-state index in [4.69, 9.17) is 40.5 Å². The quantitative estimate of drug-likeness (QED) is 0.170. The number of nitrogens with one attached hydrogen (secondary N) is 1. The number of nitrogen functional groups attached to an aromatic ring is 1. The van der Waals surface area contributed by atoms with E-state index in [1.807, 2.05) is 38.0 Å². The van der Waals surface area contributed by atoms with Crippen LogP contribution in [0.4, 0.5) is 28.6 Å². The molecule has 0 aliphatic heterocycles. The average molecular weight is 718 g/mol. The Kier molecular flexibility index (Phi) is 14.1. The minimum absolute atomic E-state index is 0.0487. The van der Waals surface area contributed by atoms with Crippen LogP contribution in [-0.2, 0) is 19.7 Å². The number of halogens is 3. The molecule has 0 unspecified atom stereocenters. The average Bonchev–Trinajstić information content (AvgIpc) is 2.97. The van der Waals surface area contributed by atoms with E-state index in [0.717, 1.165) is 11.4 Å². The number of nitrogens with two attached hydrogens (primary N) is 1. The topological polar surface area (TPSA) is 164 Å². The monoisotopic (exact) mass is 716 g/mol. The lowest BCUT2D eigenvalue weighted by Gasteiger charge is -2.19. The van der Waals surface area contributed by atoms with Crippen molar-refractivity contribution in [1.29, 1.82) is 0 Å². The molecular formula is C28H35Cl3N8O4S2. The first-order chi connectivity index (χ1) is 21.0. The van der Waals surface area contributed by atoms with Gasteiger partial charge in [-0.2, -0.15) is 0 Å². The molecule has 2 aromatic carbocycles. The summed E-state index contributed by atoms with van der Waals surface area (Å²) in [5.41, 5.74) is 8.54. The molecule has 17 heteroatoms. The minimum atomic E-state index is -3.28. The lowest BCUT2D eigenvalue weighted by molar-refractivity contribution is 0.595. The molecule has 12 nitrogen and oxygen atoms in total. The van der Waals surface area contributed by atoms with Gasteiger partial charge in [-0.25, -0.2) is 36.8 Å². The van der Waals surface area contributed by atoms with Crippen LogP contribution in [0, 0.1) is 0 Å². The van der Waals surface area contributed by atoms with Gasteiger partial charge in [-0.1, -0.05) is 48.7 Å². The van der Waals surface area contributed by atoms with Crippen LogP contribution in [0.1, 0.15) is 13.8 Å². The van der Waals surface area contributed by atoms with Gasteiger partial charge in [-0.15, -0.1) is 0 Å². The molecule has 244 valence electrons. The third-order valence-electron chi connectivity index (χ3n) is 5.91. The van der Waals surface area contributed by atoms with E-state index in [9.17, 15) is 16.8 Å². The molecule has 0 saturated carbocycles. The summed E-state index contributed by atoms with van der Waals surface area (Å²) in [5.74, 6) is 0.634. The summed E-state index contributed by atoms with van der Waals surface area (Å²) >= 11 is 16.7. The maximum Gasteiger partial charge on any atom is 0.178 e. The number of hydrogen-bond donors (Lipinski definition) is 2. The molecule has 0 saturated heterocycles. The third-order valence-corrected chi connectivity index (χ3v) is 9.99. The molecular weight excluding hydrogens is 683 g/mol. The van der Waals surface area contributed by atoms with Crippen LogP contribution in [-0.4, -0.2) is 76.5 Å². The number of nitrogens with zero attached hydrogens (tertiary/aromatic N) is 6. The number of hydrogen-bond acceptors (Lipinski definition) is 12. The molecule has 0 radical (unpaired) electrons. The van der Waals surface area contributed by atoms with E-state index in [1.54, 1.807) is 50.2 Å². The molecule has 4 aromatic rings. The van der Waals surface area contributed by atoms with Gasteiger partial charge in [-0.05, 0) is 36.4 Å². The Hall–Kier alpha value is -3.43. The lowest BCUT2D eigenvalue weighted by Crippen LogP contribution is -2.12. The highest BCUT2D eigenvalue weighted by Gasteiger charge is 2.16. The normalized spacial score (nSPS) is 11.0. The zero-order chi connectivity index (χ0) is 33.9. The minimum Gasteiger partial charge on any atom is -0.397 e. The van der Waals surface area contributed by atoms with Gasteiger partial charge in [0.25, 0.3) is 0 Å². The van der Waals surface area contributed by atoms with Crippen LogP contribution in [0.2, 0.25) is 15.5 Å². The Balaban J connectivity index is 0.000000263. The smallest absolute Gasteiger partial charge is 0.178 e. The Morgan fingerprint density at radius 3 is 1.51 bits per heavy atom. The highest BCUT2D eigenvalue weighted by atomic mass is 35.5. The van der Waals surface area contributed by atoms with Gasteiger partial charge in [-0.3, -0.25) is 0 Å². The predicted molar refractivity (Wildman–Crippen MR) is 184 cm³/mol. The third kappa shape index (κ3) is 11.5. The second-order valence-corrected chi connectivity index (χ2v) is 15.2. The maximum atomic E-state index is 12.1. The summed E-state index contributed by atoms with van der Waals surface area (Å²) in [6.45, 7) is 3.23. The highest BCUT2D eigenvalue weighted by molar-refractivity contribution is 7.91. The zero-order valence-electron chi connectivity index (χ0n) is 25.5. The van der Waals surface area contributed by atoms with E-state index >= 15 is 0 Å². The molecule has 45 heavy (non-hydrogen) atoms. The van der Waals surface area contributed by atoms with Crippen molar-refractivity contribution in [2.75, 3.05) is 60.5 Å². The molecule has 0 amide bonds. The van der Waals surface area contributed by atoms with Crippen LogP contribution in [0.5, 0.6) is 0 Å². The van der Waals surface area contributed by atoms with Crippen molar-refractivity contribution < 1.29 is 16.8 Å². The fourth-order valence-electron chi connectivity index (χ4n) is 3.52. The summed E-state index contributed by atoms with van der Waals surface area (Å²) in [5, 5.41) is 4.13. The van der Waals surface area contributed by atoms with Gasteiger partial charge in [0.2, 0.25) is 0 Å². The summed E-state index contributed by atoms with van der Waals surface area (Å²) in [6.07, 6.45) is 2.65. The molecule has 2 aromatic heterocycles. The van der Waals surface area contributed by atoms with Gasteiger partial charge < -0.3 is 20.9 Å². The van der Waals surface area contributed by atoms with Crippen LogP contribution in [0.3, 0.4) is 0 Å². The lowest BCUT2D eigenvalue weighted by atomic mass is 10.2. The van der Waals surface area contributed by atoms with Crippen molar-refractivity contribution in [3.05, 3.63) is 76.6 Å². The second-order valence-electron chi connectivity index (χ2n) is 9.51. The summed E-state index contributed by atoms with van der Waals surface area (Å²) in [4.78, 5) is 19.4.